The van der Waals surface area contributed by atoms with Gasteiger partial charge in [-0.2, -0.15) is 0 Å². The molecule has 1 atom stereocenters. The van der Waals surface area contributed by atoms with Crippen LogP contribution in [0.5, 0.6) is 0 Å². The van der Waals surface area contributed by atoms with Crippen molar-refractivity contribution in [3.63, 3.8) is 0 Å². The number of fused-ring (bicyclic) bond motifs is 1. The van der Waals surface area contributed by atoms with E-state index in [9.17, 15) is 0 Å². The monoisotopic (exact) mass is 432 g/mol. The molecule has 142 valence electrons. The summed E-state index contributed by atoms with van der Waals surface area (Å²) in [5, 5.41) is 3.72. The Morgan fingerprint density at radius 3 is 2.11 bits per heavy atom. The molecule has 2 aliphatic rings. The fraction of sp³-hybridized carbons (Fsp3) is 0.280. The molecule has 0 saturated heterocycles. The number of benzene rings is 3. The maximum absolute atomic E-state index is 3.77. The summed E-state index contributed by atoms with van der Waals surface area (Å²) in [7, 11) is 0. The Hall–Kier alpha value is -2.26. The van der Waals surface area contributed by atoms with Gasteiger partial charge in [0, 0.05) is 10.5 Å². The Bertz CT molecular complexity index is 930. The van der Waals surface area contributed by atoms with E-state index in [2.05, 4.69) is 105 Å². The van der Waals surface area contributed by atoms with Crippen molar-refractivity contribution in [2.45, 2.75) is 42.6 Å². The highest BCUT2D eigenvalue weighted by molar-refractivity contribution is 9.09. The van der Waals surface area contributed by atoms with Crippen LogP contribution in [0.2, 0.25) is 0 Å². The highest BCUT2D eigenvalue weighted by Gasteiger charge is 2.31. The number of nitrogens with one attached hydrogen (secondary N) is 1. The summed E-state index contributed by atoms with van der Waals surface area (Å²) in [5.41, 5.74) is 6.43. The zero-order valence-electron chi connectivity index (χ0n) is 15.9. The van der Waals surface area contributed by atoms with E-state index in [1.54, 1.807) is 0 Å². The number of alkyl halides is 1. The first-order valence-electron chi connectivity index (χ1n) is 10.2. The molecule has 1 saturated carbocycles. The Labute approximate surface area is 175 Å². The van der Waals surface area contributed by atoms with E-state index in [-0.39, 0.29) is 6.17 Å². The highest BCUT2D eigenvalue weighted by atomic mass is 79.9. The molecule has 1 fully saturated rings. The minimum atomic E-state index is 0.118. The molecular formula is C25H25BrN2. The first-order chi connectivity index (χ1) is 13.8. The molecule has 0 amide bonds. The van der Waals surface area contributed by atoms with Crippen LogP contribution in [0.1, 0.15) is 48.9 Å². The van der Waals surface area contributed by atoms with Crippen molar-refractivity contribution >= 4 is 33.0 Å². The zero-order valence-corrected chi connectivity index (χ0v) is 17.5. The van der Waals surface area contributed by atoms with E-state index in [0.717, 1.165) is 0 Å². The summed E-state index contributed by atoms with van der Waals surface area (Å²) in [6, 6.07) is 28.6. The van der Waals surface area contributed by atoms with E-state index in [1.807, 2.05) is 0 Å². The number of hydrogen-bond acceptors (Lipinski definition) is 2. The average Bonchev–Trinajstić information content (AvgIpc) is 3.15. The van der Waals surface area contributed by atoms with E-state index in [0.29, 0.717) is 10.7 Å². The predicted molar refractivity (Wildman–Crippen MR) is 122 cm³/mol. The Morgan fingerprint density at radius 2 is 1.36 bits per heavy atom. The van der Waals surface area contributed by atoms with Crippen LogP contribution in [0.15, 0.2) is 78.9 Å². The van der Waals surface area contributed by atoms with E-state index >= 15 is 0 Å². The quantitative estimate of drug-likeness (QED) is 0.434. The lowest BCUT2D eigenvalue weighted by Gasteiger charge is -2.28. The number of nitrogens with zero attached hydrogens (tertiary/aromatic N) is 1. The molecule has 5 rings (SSSR count). The van der Waals surface area contributed by atoms with Gasteiger partial charge in [0.2, 0.25) is 0 Å². The molecule has 0 bridgehead atoms. The maximum Gasteiger partial charge on any atom is 0.130 e. The van der Waals surface area contributed by atoms with Crippen LogP contribution < -0.4 is 10.2 Å². The lowest BCUT2D eigenvalue weighted by atomic mass is 9.84. The second kappa shape index (κ2) is 7.63. The molecule has 0 aromatic heterocycles. The van der Waals surface area contributed by atoms with Gasteiger partial charge in [0.25, 0.3) is 0 Å². The van der Waals surface area contributed by atoms with Crippen molar-refractivity contribution in [3.8, 4) is 0 Å². The van der Waals surface area contributed by atoms with Crippen molar-refractivity contribution in [1.82, 2.24) is 0 Å². The summed E-state index contributed by atoms with van der Waals surface area (Å²) >= 11 is 3.77. The van der Waals surface area contributed by atoms with Crippen LogP contribution in [-0.4, -0.2) is 4.83 Å². The lowest BCUT2D eigenvalue weighted by molar-refractivity contribution is 0.457. The van der Waals surface area contributed by atoms with E-state index in [4.69, 9.17) is 0 Å². The second-order valence-corrected chi connectivity index (χ2v) is 9.18. The van der Waals surface area contributed by atoms with Crippen molar-refractivity contribution < 1.29 is 0 Å². The third-order valence-electron chi connectivity index (χ3n) is 6.13. The van der Waals surface area contributed by atoms with Gasteiger partial charge in [-0.25, -0.2) is 0 Å². The Kier molecular flexibility index (Phi) is 4.86. The van der Waals surface area contributed by atoms with Gasteiger partial charge in [-0.3, -0.25) is 0 Å². The van der Waals surface area contributed by atoms with Gasteiger partial charge < -0.3 is 10.2 Å². The molecule has 2 nitrogen and oxygen atoms in total. The zero-order chi connectivity index (χ0) is 18.9. The molecule has 1 aliphatic heterocycles. The molecule has 0 radical (unpaired) electrons. The molecule has 3 aromatic carbocycles. The molecule has 1 unspecified atom stereocenters. The summed E-state index contributed by atoms with van der Waals surface area (Å²) in [6.45, 7) is 0. The maximum atomic E-state index is 3.77. The van der Waals surface area contributed by atoms with Crippen LogP contribution >= 0.6 is 15.9 Å². The first-order valence-corrected chi connectivity index (χ1v) is 11.1. The predicted octanol–water partition coefficient (Wildman–Crippen LogP) is 7.37. The molecule has 1 heterocycles. The van der Waals surface area contributed by atoms with Gasteiger partial charge in [-0.15, -0.1) is 0 Å². The van der Waals surface area contributed by atoms with E-state index in [1.165, 1.54) is 53.9 Å². The van der Waals surface area contributed by atoms with Crippen molar-refractivity contribution in [3.05, 3.63) is 90.0 Å². The third kappa shape index (κ3) is 3.33. The standard InChI is InChI=1S/C25H25BrN2/c26-21-16-14-19(15-17-21)18-10-12-20(13-11-18)25-27-23-8-4-5-9-24(23)28(25)22-6-2-1-3-7-22/h1-13,19,21,25,27H,14-17H2. The first kappa shape index (κ1) is 17.8. The molecule has 1 N–H and O–H groups in total. The van der Waals surface area contributed by atoms with Crippen LogP contribution in [0.25, 0.3) is 0 Å². The smallest absolute Gasteiger partial charge is 0.130 e. The van der Waals surface area contributed by atoms with Crippen LogP contribution in [0, 0.1) is 0 Å². The summed E-state index contributed by atoms with van der Waals surface area (Å²) in [6.07, 6.45) is 5.27. The van der Waals surface area contributed by atoms with Gasteiger partial charge in [-0.1, -0.05) is 70.5 Å². The molecule has 3 aromatic rings. The third-order valence-corrected chi connectivity index (χ3v) is 7.04. The molecular weight excluding hydrogens is 408 g/mol. The van der Waals surface area contributed by atoms with Crippen LogP contribution in [-0.2, 0) is 0 Å². The molecule has 0 spiro atoms. The summed E-state index contributed by atoms with van der Waals surface area (Å²) < 4.78 is 0. The molecule has 3 heteroatoms. The number of para-hydroxylation sites is 3. The van der Waals surface area contributed by atoms with Gasteiger partial charge in [0.15, 0.2) is 0 Å². The van der Waals surface area contributed by atoms with Crippen LogP contribution in [0.3, 0.4) is 0 Å². The minimum absolute atomic E-state index is 0.118. The van der Waals surface area contributed by atoms with Gasteiger partial charge in [-0.05, 0) is 67.0 Å². The van der Waals surface area contributed by atoms with Gasteiger partial charge >= 0.3 is 0 Å². The normalized spacial score (nSPS) is 23.9. The highest BCUT2D eigenvalue weighted by Crippen LogP contribution is 2.46. The lowest BCUT2D eigenvalue weighted by Crippen LogP contribution is -2.23. The van der Waals surface area contributed by atoms with Crippen LogP contribution in [0.4, 0.5) is 17.1 Å². The molecule has 28 heavy (non-hydrogen) atoms. The molecule has 1 aliphatic carbocycles. The SMILES string of the molecule is BrC1CCC(c2ccc(C3Nc4ccccc4N3c3ccccc3)cc2)CC1. The van der Waals surface area contributed by atoms with Crippen molar-refractivity contribution in [1.29, 1.82) is 0 Å². The number of anilines is 3. The summed E-state index contributed by atoms with van der Waals surface area (Å²) in [4.78, 5) is 3.11. The summed E-state index contributed by atoms with van der Waals surface area (Å²) in [5.74, 6) is 0.710. The number of halogens is 1. The van der Waals surface area contributed by atoms with Crippen molar-refractivity contribution in [2.24, 2.45) is 0 Å². The fourth-order valence-electron chi connectivity index (χ4n) is 4.60. The fourth-order valence-corrected chi connectivity index (χ4v) is 5.13. The van der Waals surface area contributed by atoms with E-state index < -0.39 is 0 Å². The van der Waals surface area contributed by atoms with Gasteiger partial charge in [0.1, 0.15) is 6.17 Å². The second-order valence-electron chi connectivity index (χ2n) is 7.89. The Morgan fingerprint density at radius 1 is 0.714 bits per heavy atom. The largest absolute Gasteiger partial charge is 0.359 e. The average molecular weight is 433 g/mol. The number of rotatable bonds is 3. The number of hydrogen-bond donors (Lipinski definition) is 1. The Balaban J connectivity index is 1.45. The van der Waals surface area contributed by atoms with Gasteiger partial charge in [0.05, 0.1) is 11.4 Å². The van der Waals surface area contributed by atoms with Crippen molar-refractivity contribution in [2.75, 3.05) is 10.2 Å². The topological polar surface area (TPSA) is 15.3 Å². The minimum Gasteiger partial charge on any atom is -0.359 e.